The fourth-order valence-corrected chi connectivity index (χ4v) is 2.09. The molecule has 1 aliphatic rings. The smallest absolute Gasteiger partial charge is 0.0478 e. The summed E-state index contributed by atoms with van der Waals surface area (Å²) in [6.45, 7) is 9.73. The lowest BCUT2D eigenvalue weighted by Gasteiger charge is -2.17. The fourth-order valence-electron chi connectivity index (χ4n) is 2.09. The molecule has 0 aromatic heterocycles. The van der Waals surface area contributed by atoms with Gasteiger partial charge in [-0.2, -0.15) is 0 Å². The molecule has 0 unspecified atom stereocenters. The van der Waals surface area contributed by atoms with E-state index in [4.69, 9.17) is 4.74 Å². The van der Waals surface area contributed by atoms with Crippen molar-refractivity contribution in [2.24, 2.45) is 5.41 Å². The normalized spacial score (nSPS) is 18.2. The Kier molecular flexibility index (Phi) is 6.37. The molecule has 1 rings (SSSR count). The third kappa shape index (κ3) is 7.24. The van der Waals surface area contributed by atoms with E-state index in [2.05, 4.69) is 26.1 Å². The van der Waals surface area contributed by atoms with Gasteiger partial charge in [-0.3, -0.25) is 0 Å². The second-order valence-electron chi connectivity index (χ2n) is 6.21. The van der Waals surface area contributed by atoms with Crippen molar-refractivity contribution < 1.29 is 4.74 Å². The van der Waals surface area contributed by atoms with E-state index >= 15 is 0 Å². The Bertz CT molecular complexity index is 168. The van der Waals surface area contributed by atoms with Gasteiger partial charge in [0.2, 0.25) is 0 Å². The minimum absolute atomic E-state index is 0.405. The summed E-state index contributed by atoms with van der Waals surface area (Å²) in [5, 5.41) is 3.61. The summed E-state index contributed by atoms with van der Waals surface area (Å²) >= 11 is 0. The van der Waals surface area contributed by atoms with Crippen molar-refractivity contribution in [3.63, 3.8) is 0 Å². The summed E-state index contributed by atoms with van der Waals surface area (Å²) < 4.78 is 5.63. The Morgan fingerprint density at radius 3 is 2.44 bits per heavy atom. The molecule has 0 heterocycles. The summed E-state index contributed by atoms with van der Waals surface area (Å²) in [5.74, 6) is 0. The van der Waals surface area contributed by atoms with Crippen LogP contribution in [0.4, 0.5) is 0 Å². The van der Waals surface area contributed by atoms with Crippen LogP contribution in [0, 0.1) is 5.41 Å². The van der Waals surface area contributed by atoms with Gasteiger partial charge in [-0.15, -0.1) is 0 Å². The van der Waals surface area contributed by atoms with Crippen LogP contribution in [0.5, 0.6) is 0 Å². The second-order valence-corrected chi connectivity index (χ2v) is 6.21. The molecule has 0 radical (unpaired) electrons. The van der Waals surface area contributed by atoms with Crippen molar-refractivity contribution in [3.05, 3.63) is 0 Å². The maximum Gasteiger partial charge on any atom is 0.0478 e. The van der Waals surface area contributed by atoms with Crippen molar-refractivity contribution in [3.8, 4) is 0 Å². The number of nitrogens with one attached hydrogen (secondary N) is 1. The highest BCUT2D eigenvalue weighted by Gasteiger charge is 2.13. The van der Waals surface area contributed by atoms with Crippen molar-refractivity contribution in [2.75, 3.05) is 19.8 Å². The quantitative estimate of drug-likeness (QED) is 0.673. The number of ether oxygens (including phenoxy) is 1. The molecule has 0 saturated heterocycles. The molecule has 96 valence electrons. The van der Waals surface area contributed by atoms with E-state index in [0.717, 1.165) is 38.6 Å². The van der Waals surface area contributed by atoms with E-state index in [1.54, 1.807) is 0 Å². The van der Waals surface area contributed by atoms with Gasteiger partial charge < -0.3 is 10.1 Å². The van der Waals surface area contributed by atoms with Crippen LogP contribution in [0.1, 0.15) is 59.3 Å². The third-order valence-electron chi connectivity index (χ3n) is 3.25. The Hall–Kier alpha value is -0.0800. The molecule has 2 nitrogen and oxygen atoms in total. The molecule has 0 amide bonds. The first kappa shape index (κ1) is 14.0. The largest absolute Gasteiger partial charge is 0.381 e. The lowest BCUT2D eigenvalue weighted by molar-refractivity contribution is 0.106. The molecule has 0 aliphatic heterocycles. The van der Waals surface area contributed by atoms with E-state index in [-0.39, 0.29) is 0 Å². The van der Waals surface area contributed by atoms with E-state index < -0.39 is 0 Å². The van der Waals surface area contributed by atoms with Crippen LogP contribution in [0.25, 0.3) is 0 Å². The standard InChI is InChI=1S/C14H29NO/c1-14(2,3)9-12-16-11-6-10-15-13-7-4-5-8-13/h13,15H,4-12H2,1-3H3. The van der Waals surface area contributed by atoms with Gasteiger partial charge in [-0.05, 0) is 37.6 Å². The second kappa shape index (κ2) is 7.29. The summed E-state index contributed by atoms with van der Waals surface area (Å²) in [7, 11) is 0. The third-order valence-corrected chi connectivity index (χ3v) is 3.25. The SMILES string of the molecule is CC(C)(C)CCOCCCNC1CCCC1. The van der Waals surface area contributed by atoms with Crippen molar-refractivity contribution in [1.82, 2.24) is 5.32 Å². The summed E-state index contributed by atoms with van der Waals surface area (Å²) in [6, 6.07) is 0.801. The van der Waals surface area contributed by atoms with Gasteiger partial charge >= 0.3 is 0 Å². The van der Waals surface area contributed by atoms with E-state index in [1.165, 1.54) is 25.7 Å². The zero-order valence-electron chi connectivity index (χ0n) is 11.3. The van der Waals surface area contributed by atoms with Gasteiger partial charge in [0.05, 0.1) is 0 Å². The first-order chi connectivity index (χ1) is 7.58. The molecule has 0 bridgehead atoms. The first-order valence-electron chi connectivity index (χ1n) is 6.89. The Balaban J connectivity index is 1.81. The predicted octanol–water partition coefficient (Wildman–Crippen LogP) is 3.36. The van der Waals surface area contributed by atoms with Crippen molar-refractivity contribution in [2.45, 2.75) is 65.3 Å². The molecule has 0 aromatic carbocycles. The van der Waals surface area contributed by atoms with E-state index in [1.807, 2.05) is 0 Å². The monoisotopic (exact) mass is 227 g/mol. The molecular weight excluding hydrogens is 198 g/mol. The highest BCUT2D eigenvalue weighted by molar-refractivity contribution is 4.73. The van der Waals surface area contributed by atoms with E-state index in [0.29, 0.717) is 5.41 Å². The predicted molar refractivity (Wildman–Crippen MR) is 69.8 cm³/mol. The molecule has 1 aliphatic carbocycles. The molecule has 0 aromatic rings. The molecule has 1 saturated carbocycles. The van der Waals surface area contributed by atoms with Crippen molar-refractivity contribution >= 4 is 0 Å². The van der Waals surface area contributed by atoms with Crippen LogP contribution in [-0.2, 0) is 4.74 Å². The lowest BCUT2D eigenvalue weighted by Crippen LogP contribution is -2.27. The summed E-state index contributed by atoms with van der Waals surface area (Å²) in [5.41, 5.74) is 0.405. The Labute approximate surface area is 101 Å². The Morgan fingerprint density at radius 2 is 1.81 bits per heavy atom. The van der Waals surface area contributed by atoms with Gasteiger partial charge in [0.25, 0.3) is 0 Å². The zero-order chi connectivity index (χ0) is 11.9. The zero-order valence-corrected chi connectivity index (χ0v) is 11.3. The van der Waals surface area contributed by atoms with Crippen LogP contribution >= 0.6 is 0 Å². The molecule has 1 fully saturated rings. The number of hydrogen-bond acceptors (Lipinski definition) is 2. The van der Waals surface area contributed by atoms with Gasteiger partial charge in [0, 0.05) is 19.3 Å². The fraction of sp³-hybridized carbons (Fsp3) is 1.00. The van der Waals surface area contributed by atoms with Crippen LogP contribution in [0.2, 0.25) is 0 Å². The van der Waals surface area contributed by atoms with Crippen molar-refractivity contribution in [1.29, 1.82) is 0 Å². The minimum Gasteiger partial charge on any atom is -0.381 e. The van der Waals surface area contributed by atoms with Gasteiger partial charge in [-0.25, -0.2) is 0 Å². The average molecular weight is 227 g/mol. The van der Waals surface area contributed by atoms with Gasteiger partial charge in [0.15, 0.2) is 0 Å². The Morgan fingerprint density at radius 1 is 1.12 bits per heavy atom. The first-order valence-corrected chi connectivity index (χ1v) is 6.89. The molecule has 1 N–H and O–H groups in total. The van der Waals surface area contributed by atoms with Crippen LogP contribution < -0.4 is 5.32 Å². The number of rotatable bonds is 7. The summed E-state index contributed by atoms with van der Waals surface area (Å²) in [4.78, 5) is 0. The molecule has 0 atom stereocenters. The molecule has 0 spiro atoms. The highest BCUT2D eigenvalue weighted by atomic mass is 16.5. The summed E-state index contributed by atoms with van der Waals surface area (Å²) in [6.07, 6.45) is 7.90. The molecule has 16 heavy (non-hydrogen) atoms. The lowest BCUT2D eigenvalue weighted by atomic mass is 9.93. The maximum atomic E-state index is 5.63. The van der Waals surface area contributed by atoms with Gasteiger partial charge in [-0.1, -0.05) is 33.6 Å². The van der Waals surface area contributed by atoms with E-state index in [9.17, 15) is 0 Å². The van der Waals surface area contributed by atoms with Crippen LogP contribution in [0.3, 0.4) is 0 Å². The van der Waals surface area contributed by atoms with Crippen LogP contribution in [-0.4, -0.2) is 25.8 Å². The molecular formula is C14H29NO. The highest BCUT2D eigenvalue weighted by Crippen LogP contribution is 2.18. The minimum atomic E-state index is 0.405. The molecule has 2 heteroatoms. The van der Waals surface area contributed by atoms with Crippen LogP contribution in [0.15, 0.2) is 0 Å². The average Bonchev–Trinajstić information content (AvgIpc) is 2.67. The topological polar surface area (TPSA) is 21.3 Å². The van der Waals surface area contributed by atoms with Gasteiger partial charge in [0.1, 0.15) is 0 Å². The maximum absolute atomic E-state index is 5.63. The number of hydrogen-bond donors (Lipinski definition) is 1.